The molecule has 0 radical (unpaired) electrons. The van der Waals surface area contributed by atoms with E-state index in [1.54, 1.807) is 6.07 Å². The minimum Gasteiger partial charge on any atom is -0.325 e. The summed E-state index contributed by atoms with van der Waals surface area (Å²) in [6.07, 6.45) is 0.838. The first-order valence-electron chi connectivity index (χ1n) is 5.71. The second-order valence-corrected chi connectivity index (χ2v) is 4.78. The van der Waals surface area contributed by atoms with Crippen LogP contribution in [-0.4, -0.2) is 15.0 Å². The molecule has 0 saturated heterocycles. The molecular formula is C12H14Cl2N4. The van der Waals surface area contributed by atoms with Crippen molar-refractivity contribution in [2.24, 2.45) is 5.73 Å². The summed E-state index contributed by atoms with van der Waals surface area (Å²) in [4.78, 5) is 0. The van der Waals surface area contributed by atoms with E-state index < -0.39 is 0 Å². The zero-order chi connectivity index (χ0) is 13.1. The second kappa shape index (κ2) is 5.69. The molecule has 0 amide bonds. The summed E-state index contributed by atoms with van der Waals surface area (Å²) in [5, 5.41) is 9.44. The maximum Gasteiger partial charge on any atom is 0.0994 e. The minimum absolute atomic E-state index is 0.400. The van der Waals surface area contributed by atoms with Crippen LogP contribution in [0.25, 0.3) is 0 Å². The van der Waals surface area contributed by atoms with Gasteiger partial charge in [-0.05, 0) is 24.1 Å². The van der Waals surface area contributed by atoms with Crippen LogP contribution < -0.4 is 5.73 Å². The topological polar surface area (TPSA) is 56.7 Å². The standard InChI is InChI=1S/C12H14Cl2N4/c1-2-12-11(6-15)16-17-18(12)7-8-3-4-9(13)5-10(8)14/h3-5H,2,6-7,15H2,1H3. The number of halogens is 2. The maximum absolute atomic E-state index is 6.14. The third kappa shape index (κ3) is 2.66. The molecule has 0 atom stereocenters. The fourth-order valence-electron chi connectivity index (χ4n) is 1.85. The Hall–Kier alpha value is -1.10. The Morgan fingerprint density at radius 1 is 1.33 bits per heavy atom. The molecule has 0 spiro atoms. The van der Waals surface area contributed by atoms with Gasteiger partial charge in [0.05, 0.1) is 17.9 Å². The Morgan fingerprint density at radius 2 is 2.11 bits per heavy atom. The van der Waals surface area contributed by atoms with Gasteiger partial charge >= 0.3 is 0 Å². The summed E-state index contributed by atoms with van der Waals surface area (Å²) in [7, 11) is 0. The second-order valence-electron chi connectivity index (χ2n) is 3.93. The first kappa shape index (κ1) is 13.3. The summed E-state index contributed by atoms with van der Waals surface area (Å²) < 4.78 is 1.83. The highest BCUT2D eigenvalue weighted by molar-refractivity contribution is 6.35. The van der Waals surface area contributed by atoms with E-state index in [2.05, 4.69) is 17.2 Å². The summed E-state index contributed by atoms with van der Waals surface area (Å²) in [5.41, 5.74) is 8.47. The number of hydrogen-bond acceptors (Lipinski definition) is 3. The summed E-state index contributed by atoms with van der Waals surface area (Å²) in [5.74, 6) is 0. The van der Waals surface area contributed by atoms with Gasteiger partial charge in [-0.1, -0.05) is 41.4 Å². The molecular weight excluding hydrogens is 271 g/mol. The van der Waals surface area contributed by atoms with E-state index in [1.165, 1.54) is 0 Å². The van der Waals surface area contributed by atoms with E-state index in [9.17, 15) is 0 Å². The van der Waals surface area contributed by atoms with Gasteiger partial charge in [0.1, 0.15) is 0 Å². The van der Waals surface area contributed by atoms with Crippen LogP contribution >= 0.6 is 23.2 Å². The van der Waals surface area contributed by atoms with Crippen LogP contribution in [0.15, 0.2) is 18.2 Å². The largest absolute Gasteiger partial charge is 0.325 e. The van der Waals surface area contributed by atoms with E-state index in [-0.39, 0.29) is 0 Å². The molecule has 0 aliphatic carbocycles. The molecule has 1 aromatic carbocycles. The third-order valence-corrected chi connectivity index (χ3v) is 3.37. The predicted molar refractivity (Wildman–Crippen MR) is 72.9 cm³/mol. The van der Waals surface area contributed by atoms with Gasteiger partial charge in [0, 0.05) is 16.6 Å². The molecule has 2 aromatic rings. The van der Waals surface area contributed by atoms with E-state index in [0.29, 0.717) is 23.1 Å². The molecule has 0 aliphatic heterocycles. The van der Waals surface area contributed by atoms with Crippen molar-refractivity contribution in [3.63, 3.8) is 0 Å². The lowest BCUT2D eigenvalue weighted by Gasteiger charge is -2.07. The third-order valence-electron chi connectivity index (χ3n) is 2.78. The number of rotatable bonds is 4. The Bertz CT molecular complexity index is 551. The molecule has 18 heavy (non-hydrogen) atoms. The van der Waals surface area contributed by atoms with Crippen LogP contribution in [0.1, 0.15) is 23.9 Å². The van der Waals surface area contributed by atoms with Crippen molar-refractivity contribution in [1.82, 2.24) is 15.0 Å². The van der Waals surface area contributed by atoms with Crippen LogP contribution in [-0.2, 0) is 19.5 Å². The molecule has 0 unspecified atom stereocenters. The van der Waals surface area contributed by atoms with Crippen LogP contribution in [0.3, 0.4) is 0 Å². The average Bonchev–Trinajstić information content (AvgIpc) is 2.74. The lowest BCUT2D eigenvalue weighted by Crippen LogP contribution is -2.08. The van der Waals surface area contributed by atoms with Crippen molar-refractivity contribution in [3.05, 3.63) is 45.2 Å². The van der Waals surface area contributed by atoms with Crippen LogP contribution in [0.4, 0.5) is 0 Å². The number of hydrogen-bond donors (Lipinski definition) is 1. The van der Waals surface area contributed by atoms with Crippen LogP contribution in [0.5, 0.6) is 0 Å². The number of nitrogens with zero attached hydrogens (tertiary/aromatic N) is 3. The smallest absolute Gasteiger partial charge is 0.0994 e. The van der Waals surface area contributed by atoms with Gasteiger partial charge in [-0.3, -0.25) is 0 Å². The van der Waals surface area contributed by atoms with E-state index in [0.717, 1.165) is 23.4 Å². The molecule has 96 valence electrons. The van der Waals surface area contributed by atoms with Gasteiger partial charge in [-0.15, -0.1) is 5.10 Å². The van der Waals surface area contributed by atoms with Gasteiger partial charge in [0.15, 0.2) is 0 Å². The Labute approximate surface area is 116 Å². The summed E-state index contributed by atoms with van der Waals surface area (Å²) >= 11 is 12.0. The highest BCUT2D eigenvalue weighted by Gasteiger charge is 2.11. The molecule has 4 nitrogen and oxygen atoms in total. The fraction of sp³-hybridized carbons (Fsp3) is 0.333. The lowest BCUT2D eigenvalue weighted by molar-refractivity contribution is 0.622. The maximum atomic E-state index is 6.14. The summed E-state index contributed by atoms with van der Waals surface area (Å²) in [6, 6.07) is 5.44. The molecule has 0 saturated carbocycles. The van der Waals surface area contributed by atoms with E-state index >= 15 is 0 Å². The molecule has 0 fully saturated rings. The van der Waals surface area contributed by atoms with E-state index in [4.69, 9.17) is 28.9 Å². The lowest BCUT2D eigenvalue weighted by atomic mass is 10.2. The minimum atomic E-state index is 0.400. The molecule has 1 heterocycles. The quantitative estimate of drug-likeness (QED) is 0.939. The number of benzene rings is 1. The normalized spacial score (nSPS) is 10.9. The zero-order valence-corrected chi connectivity index (χ0v) is 11.5. The zero-order valence-electron chi connectivity index (χ0n) is 10.0. The monoisotopic (exact) mass is 284 g/mol. The Morgan fingerprint density at radius 3 is 2.72 bits per heavy atom. The van der Waals surface area contributed by atoms with Crippen molar-refractivity contribution in [2.75, 3.05) is 0 Å². The van der Waals surface area contributed by atoms with Gasteiger partial charge < -0.3 is 5.73 Å². The van der Waals surface area contributed by atoms with Crippen molar-refractivity contribution in [3.8, 4) is 0 Å². The van der Waals surface area contributed by atoms with Gasteiger partial charge in [0.2, 0.25) is 0 Å². The van der Waals surface area contributed by atoms with Crippen LogP contribution in [0.2, 0.25) is 10.0 Å². The van der Waals surface area contributed by atoms with Crippen molar-refractivity contribution in [1.29, 1.82) is 0 Å². The highest BCUT2D eigenvalue weighted by atomic mass is 35.5. The highest BCUT2D eigenvalue weighted by Crippen LogP contribution is 2.22. The molecule has 2 rings (SSSR count). The van der Waals surface area contributed by atoms with Gasteiger partial charge in [0.25, 0.3) is 0 Å². The Kier molecular flexibility index (Phi) is 4.22. The molecule has 0 bridgehead atoms. The van der Waals surface area contributed by atoms with Gasteiger partial charge in [-0.25, -0.2) is 4.68 Å². The average molecular weight is 285 g/mol. The molecule has 1 aromatic heterocycles. The van der Waals surface area contributed by atoms with Crippen LogP contribution in [0, 0.1) is 0 Å². The molecule has 2 N–H and O–H groups in total. The van der Waals surface area contributed by atoms with Crippen molar-refractivity contribution in [2.45, 2.75) is 26.4 Å². The van der Waals surface area contributed by atoms with Crippen molar-refractivity contribution < 1.29 is 0 Å². The predicted octanol–water partition coefficient (Wildman–Crippen LogP) is 2.65. The van der Waals surface area contributed by atoms with Crippen molar-refractivity contribution >= 4 is 23.2 Å². The fourth-order valence-corrected chi connectivity index (χ4v) is 2.32. The molecule has 6 heteroatoms. The first-order valence-corrected chi connectivity index (χ1v) is 6.46. The molecule has 0 aliphatic rings. The number of aromatic nitrogens is 3. The van der Waals surface area contributed by atoms with Gasteiger partial charge in [-0.2, -0.15) is 0 Å². The Balaban J connectivity index is 2.31. The SMILES string of the molecule is CCc1c(CN)nnn1Cc1ccc(Cl)cc1Cl. The first-order chi connectivity index (χ1) is 8.65. The summed E-state index contributed by atoms with van der Waals surface area (Å²) in [6.45, 7) is 3.03. The number of nitrogens with two attached hydrogens (primary N) is 1. The van der Waals surface area contributed by atoms with E-state index in [1.807, 2.05) is 16.8 Å².